The number of aryl methyl sites for hydroxylation is 1. The Balaban J connectivity index is 1.52. The molecule has 0 unspecified atom stereocenters. The molecular weight excluding hydrogens is 378 g/mol. The Morgan fingerprint density at radius 3 is 2.93 bits per heavy atom. The quantitative estimate of drug-likeness (QED) is 0.438. The van der Waals surface area contributed by atoms with Crippen molar-refractivity contribution in [3.63, 3.8) is 0 Å². The number of carbonyl (C=O) groups is 1. The zero-order valence-electron chi connectivity index (χ0n) is 16.2. The molecule has 0 heterocycles. The van der Waals surface area contributed by atoms with Gasteiger partial charge >= 0.3 is 6.03 Å². The van der Waals surface area contributed by atoms with Crippen LogP contribution in [0.5, 0.6) is 5.75 Å². The summed E-state index contributed by atoms with van der Waals surface area (Å²) in [7, 11) is 0. The normalized spacial score (nSPS) is 33.4. The second-order valence-corrected chi connectivity index (χ2v) is 9.19. The molecule has 0 saturated heterocycles. The summed E-state index contributed by atoms with van der Waals surface area (Å²) in [6.45, 7) is 2.43. The number of nitroso groups, excluding NO2 is 1. The van der Waals surface area contributed by atoms with Crippen LogP contribution in [0.4, 0.5) is 4.79 Å². The van der Waals surface area contributed by atoms with Crippen molar-refractivity contribution in [1.82, 2.24) is 10.3 Å². The molecule has 0 aromatic heterocycles. The molecule has 1 aromatic carbocycles. The molecule has 0 bridgehead atoms. The monoisotopic (exact) mass is 405 g/mol. The third-order valence-corrected chi connectivity index (χ3v) is 7.81. The number of alkyl halides is 1. The highest BCUT2D eigenvalue weighted by molar-refractivity contribution is 6.18. The van der Waals surface area contributed by atoms with Crippen LogP contribution in [0, 0.1) is 22.2 Å². The lowest BCUT2D eigenvalue weighted by molar-refractivity contribution is 0.0421. The van der Waals surface area contributed by atoms with E-state index in [4.69, 9.17) is 11.6 Å². The van der Waals surface area contributed by atoms with Gasteiger partial charge in [-0.25, -0.2) is 4.79 Å². The Hall–Kier alpha value is -1.82. The largest absolute Gasteiger partial charge is 0.508 e. The van der Waals surface area contributed by atoms with E-state index in [1.165, 1.54) is 11.1 Å². The van der Waals surface area contributed by atoms with Crippen LogP contribution in [0.1, 0.15) is 56.1 Å². The first-order valence-corrected chi connectivity index (χ1v) is 10.8. The topological polar surface area (TPSA) is 82.0 Å². The molecule has 3 aliphatic rings. The molecule has 2 fully saturated rings. The standard InChI is InChI=1S/C21H28ClN3O3/c1-21-9-8-16-15-5-3-14(26)12-13(15)2-4-17(16)18(21)6-7-19(21)23-20(27)25(24-28)11-10-22/h3,5,12,16-19,26H,2,4,6-11H2,1H3,(H,23,27)/t16-,17-,18+,19+,21+/m1/s1. The van der Waals surface area contributed by atoms with E-state index < -0.39 is 6.03 Å². The predicted molar refractivity (Wildman–Crippen MR) is 108 cm³/mol. The Morgan fingerprint density at radius 1 is 1.36 bits per heavy atom. The number of halogens is 1. The zero-order chi connectivity index (χ0) is 19.9. The number of phenols is 1. The SMILES string of the molecule is C[C@]12CC[C@@H]3c4ccc(O)cc4CC[C@H]3[C@@H]1CC[C@@H]2NC(=O)N(CCCl)N=O. The highest BCUT2D eigenvalue weighted by Gasteiger charge is 2.55. The molecule has 0 spiro atoms. The fourth-order valence-electron chi connectivity index (χ4n) is 6.29. The van der Waals surface area contributed by atoms with E-state index >= 15 is 0 Å². The van der Waals surface area contributed by atoms with E-state index in [1.54, 1.807) is 0 Å². The lowest BCUT2D eigenvalue weighted by Gasteiger charge is -2.51. The van der Waals surface area contributed by atoms with E-state index in [2.05, 4.69) is 23.6 Å². The van der Waals surface area contributed by atoms with Gasteiger partial charge in [0.05, 0.1) is 11.8 Å². The number of benzene rings is 1. The van der Waals surface area contributed by atoms with Crippen molar-refractivity contribution in [2.45, 2.75) is 57.4 Å². The third kappa shape index (κ3) is 3.15. The molecule has 28 heavy (non-hydrogen) atoms. The summed E-state index contributed by atoms with van der Waals surface area (Å²) in [6, 6.07) is 5.47. The molecule has 2 saturated carbocycles. The average Bonchev–Trinajstić information content (AvgIpc) is 3.01. The van der Waals surface area contributed by atoms with Gasteiger partial charge in [-0.2, -0.15) is 5.01 Å². The second kappa shape index (κ2) is 7.54. The summed E-state index contributed by atoms with van der Waals surface area (Å²) in [5.41, 5.74) is 2.74. The minimum atomic E-state index is -0.436. The van der Waals surface area contributed by atoms with E-state index in [1.807, 2.05) is 12.1 Å². The average molecular weight is 406 g/mol. The Labute approximate surface area is 170 Å². The molecule has 1 aromatic rings. The number of hydrogen-bond acceptors (Lipinski definition) is 4. The van der Waals surface area contributed by atoms with Crippen molar-refractivity contribution in [1.29, 1.82) is 0 Å². The third-order valence-electron chi connectivity index (χ3n) is 7.64. The molecule has 2 N–H and O–H groups in total. The van der Waals surface area contributed by atoms with Crippen molar-refractivity contribution in [3.8, 4) is 5.75 Å². The summed E-state index contributed by atoms with van der Waals surface area (Å²) in [4.78, 5) is 23.4. The fraction of sp³-hybridized carbons (Fsp3) is 0.667. The van der Waals surface area contributed by atoms with Crippen molar-refractivity contribution in [3.05, 3.63) is 34.2 Å². The summed E-state index contributed by atoms with van der Waals surface area (Å²) < 4.78 is 0. The second-order valence-electron chi connectivity index (χ2n) is 8.82. The minimum absolute atomic E-state index is 0.0424. The molecule has 0 aliphatic heterocycles. The number of amides is 2. The van der Waals surface area contributed by atoms with Gasteiger partial charge in [-0.1, -0.05) is 13.0 Å². The number of urea groups is 1. The maximum atomic E-state index is 12.5. The van der Waals surface area contributed by atoms with Gasteiger partial charge in [-0.15, -0.1) is 16.5 Å². The molecule has 152 valence electrons. The number of nitrogens with one attached hydrogen (secondary N) is 1. The molecule has 0 radical (unpaired) electrons. The van der Waals surface area contributed by atoms with Crippen LogP contribution in [0.3, 0.4) is 0 Å². The zero-order valence-corrected chi connectivity index (χ0v) is 17.0. The van der Waals surface area contributed by atoms with Crippen LogP contribution in [-0.4, -0.2) is 34.6 Å². The number of nitrogens with zero attached hydrogens (tertiary/aromatic N) is 2. The van der Waals surface area contributed by atoms with Crippen molar-refractivity contribution in [2.24, 2.45) is 22.5 Å². The van der Waals surface area contributed by atoms with Gasteiger partial charge < -0.3 is 10.4 Å². The number of fused-ring (bicyclic) bond motifs is 5. The van der Waals surface area contributed by atoms with Crippen molar-refractivity contribution < 1.29 is 9.90 Å². The number of phenolic OH excluding ortho intramolecular Hbond substituents is 1. The molecule has 4 rings (SSSR count). The molecule has 5 atom stereocenters. The van der Waals surface area contributed by atoms with Gasteiger partial charge in [-0.05, 0) is 85.0 Å². The predicted octanol–water partition coefficient (Wildman–Crippen LogP) is 4.55. The smallest absolute Gasteiger partial charge is 0.340 e. The van der Waals surface area contributed by atoms with Gasteiger partial charge in [-0.3, -0.25) is 0 Å². The lowest BCUT2D eigenvalue weighted by atomic mass is 9.55. The van der Waals surface area contributed by atoms with Gasteiger partial charge in [0.2, 0.25) is 0 Å². The molecule has 3 aliphatic carbocycles. The van der Waals surface area contributed by atoms with Crippen LogP contribution in [0.2, 0.25) is 0 Å². The Morgan fingerprint density at radius 2 is 2.18 bits per heavy atom. The van der Waals surface area contributed by atoms with Crippen LogP contribution < -0.4 is 5.32 Å². The van der Waals surface area contributed by atoms with Crippen LogP contribution in [0.25, 0.3) is 0 Å². The minimum Gasteiger partial charge on any atom is -0.508 e. The maximum Gasteiger partial charge on any atom is 0.340 e. The first-order chi connectivity index (χ1) is 13.5. The molecule has 7 heteroatoms. The Kier molecular flexibility index (Phi) is 5.25. The van der Waals surface area contributed by atoms with Crippen LogP contribution >= 0.6 is 11.6 Å². The van der Waals surface area contributed by atoms with Gasteiger partial charge in [0.15, 0.2) is 0 Å². The van der Waals surface area contributed by atoms with E-state index in [0.29, 0.717) is 23.5 Å². The summed E-state index contributed by atoms with van der Waals surface area (Å²) in [5, 5.41) is 16.6. The van der Waals surface area contributed by atoms with Gasteiger partial charge in [0, 0.05) is 11.9 Å². The Bertz CT molecular complexity index is 773. The maximum absolute atomic E-state index is 12.5. The molecule has 6 nitrogen and oxygen atoms in total. The van der Waals surface area contributed by atoms with Crippen LogP contribution in [0.15, 0.2) is 23.5 Å². The highest BCUT2D eigenvalue weighted by Crippen LogP contribution is 2.61. The first-order valence-electron chi connectivity index (χ1n) is 10.3. The van der Waals surface area contributed by atoms with E-state index in [-0.39, 0.29) is 23.9 Å². The number of rotatable bonds is 4. The first kappa shape index (κ1) is 19.5. The summed E-state index contributed by atoms with van der Waals surface area (Å²) >= 11 is 5.66. The summed E-state index contributed by atoms with van der Waals surface area (Å²) in [6.07, 6.45) is 6.32. The lowest BCUT2D eigenvalue weighted by Crippen LogP contribution is -2.52. The van der Waals surface area contributed by atoms with E-state index in [9.17, 15) is 14.8 Å². The summed E-state index contributed by atoms with van der Waals surface area (Å²) in [5.74, 6) is 2.25. The van der Waals surface area contributed by atoms with Gasteiger partial charge in [0.1, 0.15) is 5.75 Å². The van der Waals surface area contributed by atoms with E-state index in [0.717, 1.165) is 43.5 Å². The fourth-order valence-corrected chi connectivity index (χ4v) is 6.45. The number of hydrogen-bond donors (Lipinski definition) is 2. The van der Waals surface area contributed by atoms with Crippen molar-refractivity contribution in [2.75, 3.05) is 12.4 Å². The van der Waals surface area contributed by atoms with Crippen LogP contribution in [-0.2, 0) is 6.42 Å². The molecule has 2 amide bonds. The molecular formula is C21H28ClN3O3. The number of carbonyl (C=O) groups excluding carboxylic acids is 1. The van der Waals surface area contributed by atoms with Crippen molar-refractivity contribution >= 4 is 17.6 Å². The highest BCUT2D eigenvalue weighted by atomic mass is 35.5. The van der Waals surface area contributed by atoms with Gasteiger partial charge in [0.25, 0.3) is 0 Å². The number of aromatic hydroxyl groups is 1.